The quantitative estimate of drug-likeness (QED) is 0.311. The number of non-ortho nitro benzene ring substituents is 1. The molecule has 34 heavy (non-hydrogen) atoms. The van der Waals surface area contributed by atoms with Crippen molar-refractivity contribution in [2.75, 3.05) is 7.11 Å². The van der Waals surface area contributed by atoms with Gasteiger partial charge in [0.05, 0.1) is 34.2 Å². The van der Waals surface area contributed by atoms with Crippen LogP contribution in [0.5, 0.6) is 0 Å². The van der Waals surface area contributed by atoms with Crippen LogP contribution in [0.25, 0.3) is 17.0 Å². The van der Waals surface area contributed by atoms with Gasteiger partial charge in [-0.15, -0.1) is 0 Å². The number of halogens is 1. The van der Waals surface area contributed by atoms with E-state index in [1.54, 1.807) is 31.2 Å². The molecule has 170 valence electrons. The van der Waals surface area contributed by atoms with Crippen molar-refractivity contribution in [2.24, 2.45) is 0 Å². The summed E-state index contributed by atoms with van der Waals surface area (Å²) in [6.45, 7) is 1.73. The fourth-order valence-electron chi connectivity index (χ4n) is 4.46. The lowest BCUT2D eigenvalue weighted by molar-refractivity contribution is -0.384. The SMILES string of the molecule is COC(=O)C1=C(C)NC2=C(C(=O)c3ccccc32)[C@H]1c1ccc(-c2cc([N+](=O)[O-])ccc2Cl)o1. The van der Waals surface area contributed by atoms with Gasteiger partial charge in [0, 0.05) is 40.1 Å². The number of nitro groups is 1. The number of ether oxygens (including phenoxy) is 1. The Morgan fingerprint density at radius 3 is 2.56 bits per heavy atom. The van der Waals surface area contributed by atoms with E-state index in [4.69, 9.17) is 20.8 Å². The molecule has 0 unspecified atom stereocenters. The molecule has 8 nitrogen and oxygen atoms in total. The zero-order valence-electron chi connectivity index (χ0n) is 18.0. The van der Waals surface area contributed by atoms with Gasteiger partial charge in [0.1, 0.15) is 11.5 Å². The van der Waals surface area contributed by atoms with Gasteiger partial charge in [-0.2, -0.15) is 0 Å². The molecule has 1 aliphatic carbocycles. The minimum absolute atomic E-state index is 0.142. The Kier molecular flexibility index (Phi) is 5.10. The summed E-state index contributed by atoms with van der Waals surface area (Å²) < 4.78 is 11.1. The Balaban J connectivity index is 1.67. The minimum Gasteiger partial charge on any atom is -0.466 e. The van der Waals surface area contributed by atoms with Gasteiger partial charge >= 0.3 is 5.97 Å². The number of rotatable bonds is 4. The Labute approximate surface area is 198 Å². The maximum absolute atomic E-state index is 13.4. The average molecular weight is 477 g/mol. The number of nitro benzene ring substituents is 1. The van der Waals surface area contributed by atoms with Crippen LogP contribution in [0.4, 0.5) is 5.69 Å². The number of hydrogen-bond acceptors (Lipinski definition) is 7. The summed E-state index contributed by atoms with van der Waals surface area (Å²) in [6.07, 6.45) is 0. The smallest absolute Gasteiger partial charge is 0.336 e. The number of methoxy groups -OCH3 is 1. The number of ketones is 1. The fraction of sp³-hybridized carbons (Fsp3) is 0.120. The van der Waals surface area contributed by atoms with Gasteiger partial charge in [-0.25, -0.2) is 4.79 Å². The summed E-state index contributed by atoms with van der Waals surface area (Å²) in [7, 11) is 1.27. The third-order valence-electron chi connectivity index (χ3n) is 5.99. The van der Waals surface area contributed by atoms with E-state index >= 15 is 0 Å². The van der Waals surface area contributed by atoms with E-state index in [-0.39, 0.29) is 27.8 Å². The zero-order valence-corrected chi connectivity index (χ0v) is 18.8. The van der Waals surface area contributed by atoms with E-state index in [0.29, 0.717) is 33.9 Å². The van der Waals surface area contributed by atoms with Gasteiger partial charge in [0.2, 0.25) is 0 Å². The number of carbonyl (C=O) groups is 2. The Hall–Kier alpha value is -4.17. The summed E-state index contributed by atoms with van der Waals surface area (Å²) in [5, 5.41) is 14.7. The predicted molar refractivity (Wildman–Crippen MR) is 124 cm³/mol. The number of carbonyl (C=O) groups excluding carboxylic acids is 2. The number of esters is 1. The first-order valence-corrected chi connectivity index (χ1v) is 10.7. The summed E-state index contributed by atoms with van der Waals surface area (Å²) in [4.78, 5) is 36.9. The number of furan rings is 1. The fourth-order valence-corrected chi connectivity index (χ4v) is 4.67. The number of nitrogens with one attached hydrogen (secondary N) is 1. The second kappa shape index (κ2) is 8.00. The summed E-state index contributed by atoms with van der Waals surface area (Å²) in [6, 6.07) is 14.5. The molecule has 0 radical (unpaired) electrons. The van der Waals surface area contributed by atoms with Gasteiger partial charge < -0.3 is 14.5 Å². The van der Waals surface area contributed by atoms with Crippen molar-refractivity contribution in [3.8, 4) is 11.3 Å². The molecule has 1 N–H and O–H groups in total. The molecule has 1 aromatic heterocycles. The van der Waals surface area contributed by atoms with E-state index < -0.39 is 16.8 Å². The first-order valence-electron chi connectivity index (χ1n) is 10.3. The number of hydrogen-bond donors (Lipinski definition) is 1. The third-order valence-corrected chi connectivity index (χ3v) is 6.32. The molecule has 2 heterocycles. The number of allylic oxidation sites excluding steroid dienone is 2. The van der Waals surface area contributed by atoms with E-state index in [2.05, 4.69) is 5.32 Å². The van der Waals surface area contributed by atoms with Crippen molar-refractivity contribution in [1.82, 2.24) is 5.32 Å². The minimum atomic E-state index is -0.838. The van der Waals surface area contributed by atoms with Gasteiger partial charge in [-0.1, -0.05) is 35.9 Å². The maximum Gasteiger partial charge on any atom is 0.336 e. The lowest BCUT2D eigenvalue weighted by Crippen LogP contribution is -2.28. The molecule has 0 bridgehead atoms. The summed E-state index contributed by atoms with van der Waals surface area (Å²) in [5.41, 5.74) is 3.21. The molecule has 2 aromatic carbocycles. The molecular weight excluding hydrogens is 460 g/mol. The normalized spacial score (nSPS) is 16.8. The monoisotopic (exact) mass is 476 g/mol. The van der Waals surface area contributed by atoms with E-state index in [1.165, 1.54) is 25.3 Å². The third kappa shape index (κ3) is 3.22. The first kappa shape index (κ1) is 21.7. The summed E-state index contributed by atoms with van der Waals surface area (Å²) in [5.74, 6) is -1.07. The van der Waals surface area contributed by atoms with Crippen LogP contribution < -0.4 is 5.32 Å². The van der Waals surface area contributed by atoms with Crippen LogP contribution in [0.1, 0.15) is 34.5 Å². The van der Waals surface area contributed by atoms with Gasteiger partial charge in [-0.05, 0) is 25.1 Å². The highest BCUT2D eigenvalue weighted by Crippen LogP contribution is 2.47. The van der Waals surface area contributed by atoms with E-state index in [0.717, 1.165) is 5.56 Å². The molecule has 1 aliphatic heterocycles. The lowest BCUT2D eigenvalue weighted by atomic mass is 9.83. The Morgan fingerprint density at radius 2 is 1.85 bits per heavy atom. The van der Waals surface area contributed by atoms with Crippen LogP contribution in [0.15, 0.2) is 75.9 Å². The largest absolute Gasteiger partial charge is 0.466 e. The van der Waals surface area contributed by atoms with Crippen LogP contribution >= 0.6 is 11.6 Å². The van der Waals surface area contributed by atoms with E-state index in [9.17, 15) is 19.7 Å². The highest BCUT2D eigenvalue weighted by molar-refractivity contribution is 6.33. The van der Waals surface area contributed by atoms with Crippen molar-refractivity contribution < 1.29 is 23.7 Å². The lowest BCUT2D eigenvalue weighted by Gasteiger charge is -2.27. The van der Waals surface area contributed by atoms with Crippen molar-refractivity contribution >= 4 is 34.7 Å². The second-order valence-corrected chi connectivity index (χ2v) is 8.28. The van der Waals surface area contributed by atoms with Crippen molar-refractivity contribution in [2.45, 2.75) is 12.8 Å². The van der Waals surface area contributed by atoms with Crippen molar-refractivity contribution in [1.29, 1.82) is 0 Å². The molecule has 1 atom stereocenters. The maximum atomic E-state index is 13.4. The molecule has 0 spiro atoms. The molecule has 5 rings (SSSR count). The highest BCUT2D eigenvalue weighted by Gasteiger charge is 2.44. The van der Waals surface area contributed by atoms with Crippen LogP contribution in [0.3, 0.4) is 0 Å². The molecule has 3 aromatic rings. The molecule has 0 saturated heterocycles. The van der Waals surface area contributed by atoms with Gasteiger partial charge in [0.15, 0.2) is 5.78 Å². The summed E-state index contributed by atoms with van der Waals surface area (Å²) >= 11 is 6.29. The molecular formula is C25H17ClN2O6. The topological polar surface area (TPSA) is 112 Å². The molecule has 0 amide bonds. The number of nitrogens with zero attached hydrogens (tertiary/aromatic N) is 1. The van der Waals surface area contributed by atoms with Crippen molar-refractivity contribution in [3.63, 3.8) is 0 Å². The average Bonchev–Trinajstić information content (AvgIpc) is 3.42. The number of fused-ring (bicyclic) bond motifs is 2. The van der Waals surface area contributed by atoms with Crippen molar-refractivity contribution in [3.05, 3.63) is 103 Å². The van der Waals surface area contributed by atoms with E-state index in [1.807, 2.05) is 12.1 Å². The molecule has 0 saturated carbocycles. The number of dihydropyridines is 1. The van der Waals surface area contributed by atoms with Crippen LogP contribution in [-0.2, 0) is 9.53 Å². The van der Waals surface area contributed by atoms with Gasteiger partial charge in [0.25, 0.3) is 5.69 Å². The number of benzene rings is 2. The standard InChI is InChI=1S/C25H17ClN2O6/c1-12-20(25(30)33-2)21(22-23(27-12)14-5-3-4-6-15(14)24(22)29)19-10-9-18(34-19)16-11-13(28(31)32)7-8-17(16)26/h3-11,21,27H,1-2H3/t21-/m0/s1. The Morgan fingerprint density at radius 1 is 1.12 bits per heavy atom. The highest BCUT2D eigenvalue weighted by atomic mass is 35.5. The van der Waals surface area contributed by atoms with Crippen LogP contribution in [0, 0.1) is 10.1 Å². The Bertz CT molecular complexity index is 1470. The first-order chi connectivity index (χ1) is 16.3. The predicted octanol–water partition coefficient (Wildman–Crippen LogP) is 5.25. The van der Waals surface area contributed by atoms with Gasteiger partial charge in [-0.3, -0.25) is 14.9 Å². The second-order valence-electron chi connectivity index (χ2n) is 7.87. The van der Waals surface area contributed by atoms with Crippen LogP contribution in [0.2, 0.25) is 5.02 Å². The molecule has 2 aliphatic rings. The zero-order chi connectivity index (χ0) is 24.1. The molecule has 9 heteroatoms. The number of Topliss-reactive ketones (excluding diaryl/α,β-unsaturated/α-hetero) is 1. The molecule has 0 fully saturated rings. The van der Waals surface area contributed by atoms with Crippen LogP contribution in [-0.4, -0.2) is 23.8 Å².